The number of hydrogen-bond acceptors (Lipinski definition) is 4. The first-order valence-corrected chi connectivity index (χ1v) is 16.4. The number of unbranched alkanes of at least 4 members (excludes halogenated alkanes) is 9. The molecule has 7 rings (SSSR count). The minimum absolute atomic E-state index is 0.228. The lowest BCUT2D eigenvalue weighted by molar-refractivity contribution is 0.0597. The maximum absolute atomic E-state index is 13.8. The van der Waals surface area contributed by atoms with Crippen LogP contribution in [0.5, 0.6) is 0 Å². The molecular weight excluding hydrogens is 548 g/mol. The Morgan fingerprint density at radius 3 is 1.11 bits per heavy atom. The van der Waals surface area contributed by atoms with Gasteiger partial charge < -0.3 is 0 Å². The molecule has 2 aliphatic rings. The topological polar surface area (TPSA) is 74.8 Å². The Labute approximate surface area is 257 Å². The van der Waals surface area contributed by atoms with Crippen LogP contribution in [0.25, 0.3) is 43.1 Å². The molecule has 2 heterocycles. The van der Waals surface area contributed by atoms with Crippen LogP contribution in [0.3, 0.4) is 0 Å². The Morgan fingerprint density at radius 2 is 0.750 bits per heavy atom. The molecule has 0 unspecified atom stereocenters. The van der Waals surface area contributed by atoms with Crippen LogP contribution in [0.2, 0.25) is 0 Å². The van der Waals surface area contributed by atoms with Crippen LogP contribution in [0.4, 0.5) is 0 Å². The third-order valence-corrected chi connectivity index (χ3v) is 9.86. The van der Waals surface area contributed by atoms with Crippen molar-refractivity contribution in [1.29, 1.82) is 0 Å². The SMILES string of the molecule is CCCCCCCCCCCCN1C(=O)c2ccc3c4ccc5c6c(ccc(c7ccc(c2c37)C1=O)c64)C(=O)N(CC)C5=O. The highest BCUT2D eigenvalue weighted by Crippen LogP contribution is 2.46. The van der Waals surface area contributed by atoms with Gasteiger partial charge in [-0.05, 0) is 69.9 Å². The van der Waals surface area contributed by atoms with Crippen LogP contribution in [-0.4, -0.2) is 46.5 Å². The van der Waals surface area contributed by atoms with Crippen LogP contribution in [0, 0.1) is 0 Å². The second-order valence-electron chi connectivity index (χ2n) is 12.4. The molecule has 4 amide bonds. The number of benzene rings is 5. The van der Waals surface area contributed by atoms with E-state index in [2.05, 4.69) is 6.92 Å². The van der Waals surface area contributed by atoms with Gasteiger partial charge in [0.05, 0.1) is 0 Å². The van der Waals surface area contributed by atoms with Gasteiger partial charge in [0.1, 0.15) is 0 Å². The summed E-state index contributed by atoms with van der Waals surface area (Å²) in [7, 11) is 0. The van der Waals surface area contributed by atoms with Crippen LogP contribution in [-0.2, 0) is 0 Å². The van der Waals surface area contributed by atoms with Crippen molar-refractivity contribution in [3.8, 4) is 0 Å². The van der Waals surface area contributed by atoms with Gasteiger partial charge in [0.25, 0.3) is 23.6 Å². The zero-order valence-corrected chi connectivity index (χ0v) is 25.6. The van der Waals surface area contributed by atoms with Gasteiger partial charge in [0, 0.05) is 46.1 Å². The summed E-state index contributed by atoms with van der Waals surface area (Å²) in [5.74, 6) is -1.00. The number of imide groups is 2. The largest absolute Gasteiger partial charge is 0.275 e. The molecular formula is C38H38N2O4. The van der Waals surface area contributed by atoms with E-state index in [1.807, 2.05) is 48.5 Å². The summed E-state index contributed by atoms with van der Waals surface area (Å²) in [6.07, 6.45) is 12.0. The number of carbonyl (C=O) groups excluding carboxylic acids is 4. The number of fused-ring (bicyclic) bond motifs is 2. The van der Waals surface area contributed by atoms with Crippen molar-refractivity contribution >= 4 is 66.7 Å². The first-order chi connectivity index (χ1) is 21.5. The van der Waals surface area contributed by atoms with Crippen molar-refractivity contribution in [3.05, 3.63) is 70.8 Å². The van der Waals surface area contributed by atoms with E-state index in [1.165, 1.54) is 54.7 Å². The molecule has 0 radical (unpaired) electrons. The fourth-order valence-electron chi connectivity index (χ4n) is 7.62. The first-order valence-electron chi connectivity index (χ1n) is 16.4. The molecule has 0 N–H and O–H groups in total. The number of amides is 4. The minimum Gasteiger partial charge on any atom is -0.275 e. The molecule has 0 aliphatic carbocycles. The van der Waals surface area contributed by atoms with Gasteiger partial charge in [-0.15, -0.1) is 0 Å². The molecule has 0 spiro atoms. The van der Waals surface area contributed by atoms with Crippen molar-refractivity contribution in [3.63, 3.8) is 0 Å². The highest BCUT2D eigenvalue weighted by Gasteiger charge is 2.36. The van der Waals surface area contributed by atoms with Crippen LogP contribution >= 0.6 is 0 Å². The van der Waals surface area contributed by atoms with E-state index in [0.29, 0.717) is 46.1 Å². The summed E-state index contributed by atoms with van der Waals surface area (Å²) in [6.45, 7) is 4.79. The predicted molar refractivity (Wildman–Crippen MR) is 176 cm³/mol. The zero-order chi connectivity index (χ0) is 30.5. The van der Waals surface area contributed by atoms with E-state index in [1.54, 1.807) is 6.92 Å². The van der Waals surface area contributed by atoms with Gasteiger partial charge in [-0.25, -0.2) is 0 Å². The fraction of sp³-hybridized carbons (Fsp3) is 0.368. The molecule has 0 saturated heterocycles. The van der Waals surface area contributed by atoms with Crippen LogP contribution in [0.15, 0.2) is 48.5 Å². The van der Waals surface area contributed by atoms with Crippen molar-refractivity contribution in [2.45, 2.75) is 78.1 Å². The quantitative estimate of drug-likeness (QED) is 0.0633. The number of hydrogen-bond donors (Lipinski definition) is 0. The first kappa shape index (κ1) is 28.5. The summed E-state index contributed by atoms with van der Waals surface area (Å²) in [4.78, 5) is 56.8. The molecule has 0 saturated carbocycles. The van der Waals surface area contributed by atoms with Crippen molar-refractivity contribution in [2.24, 2.45) is 0 Å². The Kier molecular flexibility index (Phi) is 7.31. The third-order valence-electron chi connectivity index (χ3n) is 9.86. The standard InChI is InChI=1S/C38H38N2O4/c1-3-5-6-7-8-9-10-11-12-13-22-40-37(43)29-20-16-25-23-14-18-27-33-28(36(42)39(4-2)35(27)41)19-15-24(31(23)33)26-17-21-30(38(40)44)34(29)32(25)26/h14-21H,3-13,22H2,1-2H3. The lowest BCUT2D eigenvalue weighted by Gasteiger charge is -2.29. The molecule has 0 atom stereocenters. The third kappa shape index (κ3) is 4.21. The molecule has 0 aromatic heterocycles. The minimum atomic E-state index is -0.275. The predicted octanol–water partition coefficient (Wildman–Crippen LogP) is 8.87. The molecule has 0 bridgehead atoms. The van der Waals surface area contributed by atoms with E-state index in [0.717, 1.165) is 51.6 Å². The molecule has 44 heavy (non-hydrogen) atoms. The van der Waals surface area contributed by atoms with Gasteiger partial charge in [0.15, 0.2) is 0 Å². The summed E-state index contributed by atoms with van der Waals surface area (Å²) < 4.78 is 0. The molecule has 224 valence electrons. The number of rotatable bonds is 12. The summed E-state index contributed by atoms with van der Waals surface area (Å²) >= 11 is 0. The Hall–Kier alpha value is -4.32. The van der Waals surface area contributed by atoms with Gasteiger partial charge in [-0.2, -0.15) is 0 Å². The molecule has 0 fully saturated rings. The van der Waals surface area contributed by atoms with E-state index >= 15 is 0 Å². The Balaban J connectivity index is 1.22. The summed E-state index contributed by atoms with van der Waals surface area (Å²) in [6, 6.07) is 15.2. The highest BCUT2D eigenvalue weighted by molar-refractivity contribution is 6.41. The highest BCUT2D eigenvalue weighted by atomic mass is 16.2. The average molecular weight is 587 g/mol. The fourth-order valence-corrected chi connectivity index (χ4v) is 7.62. The lowest BCUT2D eigenvalue weighted by Crippen LogP contribution is -2.41. The smallest absolute Gasteiger partial charge is 0.261 e. The maximum atomic E-state index is 13.8. The van der Waals surface area contributed by atoms with Gasteiger partial charge in [0.2, 0.25) is 0 Å². The Bertz CT molecular complexity index is 1870. The number of nitrogens with zero attached hydrogens (tertiary/aromatic N) is 2. The van der Waals surface area contributed by atoms with Gasteiger partial charge >= 0.3 is 0 Å². The molecule has 6 heteroatoms. The van der Waals surface area contributed by atoms with E-state index in [4.69, 9.17) is 0 Å². The van der Waals surface area contributed by atoms with Crippen molar-refractivity contribution in [1.82, 2.24) is 9.80 Å². The van der Waals surface area contributed by atoms with Crippen LogP contribution < -0.4 is 0 Å². The maximum Gasteiger partial charge on any atom is 0.261 e. The van der Waals surface area contributed by atoms with Crippen molar-refractivity contribution < 1.29 is 19.2 Å². The number of carbonyl (C=O) groups is 4. The average Bonchev–Trinajstić information content (AvgIpc) is 3.04. The second kappa shape index (κ2) is 11.3. The molecule has 6 nitrogen and oxygen atoms in total. The lowest BCUT2D eigenvalue weighted by atomic mass is 9.82. The monoisotopic (exact) mass is 586 g/mol. The van der Waals surface area contributed by atoms with E-state index in [9.17, 15) is 19.2 Å². The van der Waals surface area contributed by atoms with Crippen molar-refractivity contribution in [2.75, 3.05) is 13.1 Å². The van der Waals surface area contributed by atoms with E-state index in [-0.39, 0.29) is 23.6 Å². The molecule has 2 aliphatic heterocycles. The van der Waals surface area contributed by atoms with E-state index < -0.39 is 0 Å². The molecule has 5 aromatic carbocycles. The summed E-state index contributed by atoms with van der Waals surface area (Å²) in [5.41, 5.74) is 2.18. The molecule has 5 aromatic rings. The second-order valence-corrected chi connectivity index (χ2v) is 12.4. The van der Waals surface area contributed by atoms with Crippen LogP contribution in [0.1, 0.15) is 119 Å². The van der Waals surface area contributed by atoms with Gasteiger partial charge in [-0.1, -0.05) is 89.0 Å². The normalized spacial score (nSPS) is 14.9. The zero-order valence-electron chi connectivity index (χ0n) is 25.6. The Morgan fingerprint density at radius 1 is 0.409 bits per heavy atom. The van der Waals surface area contributed by atoms with Gasteiger partial charge in [-0.3, -0.25) is 29.0 Å². The summed E-state index contributed by atoms with van der Waals surface area (Å²) in [5, 5.41) is 6.82.